The number of carbonyl (C=O) groups excluding carboxylic acids is 4. The summed E-state index contributed by atoms with van der Waals surface area (Å²) in [4.78, 5) is 48.5. The predicted octanol–water partition coefficient (Wildman–Crippen LogP) is 4.20. The van der Waals surface area contributed by atoms with Gasteiger partial charge in [0.2, 0.25) is 0 Å². The monoisotopic (exact) mass is 740 g/mol. The molecule has 6 N–H and O–H groups in total. The van der Waals surface area contributed by atoms with Crippen molar-refractivity contribution in [3.05, 3.63) is 23.3 Å². The van der Waals surface area contributed by atoms with Crippen molar-refractivity contribution in [2.24, 2.45) is 57.2 Å². The molecule has 0 aromatic heterocycles. The van der Waals surface area contributed by atoms with Crippen LogP contribution in [0.25, 0.3) is 0 Å². The molecule has 0 amide bonds. The number of hydrogen-bond acceptors (Lipinski definition) is 10. The molecule has 6 fully saturated rings. The third-order valence-corrected chi connectivity index (χ3v) is 17.3. The first-order valence-electron chi connectivity index (χ1n) is 19.9. The summed E-state index contributed by atoms with van der Waals surface area (Å²) >= 11 is 0. The van der Waals surface area contributed by atoms with Gasteiger partial charge in [0.05, 0.1) is 12.2 Å². The summed E-state index contributed by atoms with van der Waals surface area (Å²) < 4.78 is 0. The zero-order chi connectivity index (χ0) is 37.8. The maximum Gasteiger partial charge on any atom is 0.190 e. The number of Topliss-reactive ketones (excluding diaryl/α,β-unsaturated/α-hetero) is 2. The van der Waals surface area contributed by atoms with E-state index in [1.165, 1.54) is 11.1 Å². The fraction of sp³-hybridized carbons (Fsp3) is 0.814. The molecule has 0 spiro atoms. The molecule has 0 bridgehead atoms. The summed E-state index contributed by atoms with van der Waals surface area (Å²) in [5.74, 6) is 0.280. The van der Waals surface area contributed by atoms with Gasteiger partial charge in [-0.1, -0.05) is 46.3 Å². The van der Waals surface area contributed by atoms with E-state index in [0.717, 1.165) is 51.4 Å². The second-order valence-electron chi connectivity index (χ2n) is 19.1. The van der Waals surface area contributed by atoms with Crippen LogP contribution in [0.2, 0.25) is 0 Å². The van der Waals surface area contributed by atoms with Gasteiger partial charge in [-0.15, -0.1) is 0 Å². The zero-order valence-corrected chi connectivity index (χ0v) is 31.4. The summed E-state index contributed by atoms with van der Waals surface area (Å²) in [5.41, 5.74) is -2.46. The largest absolute Gasteiger partial charge is 0.393 e. The number of ketones is 4. The number of rotatable bonds is 4. The molecule has 10 heteroatoms. The number of aliphatic hydroxyl groups is 6. The average molecular weight is 741 g/mol. The van der Waals surface area contributed by atoms with Gasteiger partial charge in [-0.2, -0.15) is 0 Å². The maximum absolute atomic E-state index is 12.4. The van der Waals surface area contributed by atoms with Gasteiger partial charge < -0.3 is 30.6 Å². The Hall–Kier alpha value is -2.08. The van der Waals surface area contributed by atoms with Crippen LogP contribution in [0.4, 0.5) is 0 Å². The minimum Gasteiger partial charge on any atom is -0.393 e. The first kappa shape index (κ1) is 40.6. The highest BCUT2D eigenvalue weighted by Gasteiger charge is 2.69. The number of hydrogen-bond donors (Lipinski definition) is 6. The van der Waals surface area contributed by atoms with E-state index in [0.29, 0.717) is 38.5 Å². The van der Waals surface area contributed by atoms with Crippen molar-refractivity contribution >= 4 is 23.1 Å². The SMILES string of the molecule is C.CC12CCC(=O)C=C1CCC1C2[C@@H](O)CC2(C)C1CC[C@]2(O)C(=O)CO.C[C@]12CCC(=O)C=C1CC[C@@H]1C2[C@@H](O)C[C@@]2(C)[C@H]1CC[C@]2(O)C(=O)CO. The normalized spacial score (nSPS) is 49.5. The van der Waals surface area contributed by atoms with E-state index < -0.39 is 59.0 Å². The summed E-state index contributed by atoms with van der Waals surface area (Å²) in [6, 6.07) is 0. The molecule has 8 aliphatic rings. The lowest BCUT2D eigenvalue weighted by Crippen LogP contribution is -2.62. The quantitative estimate of drug-likeness (QED) is 0.244. The van der Waals surface area contributed by atoms with Gasteiger partial charge in [0.15, 0.2) is 23.1 Å². The summed E-state index contributed by atoms with van der Waals surface area (Å²) in [6.45, 7) is 6.92. The molecule has 6 saturated carbocycles. The van der Waals surface area contributed by atoms with Crippen LogP contribution in [0.5, 0.6) is 0 Å². The molecular formula is C43H64O10. The van der Waals surface area contributed by atoms with Crippen LogP contribution in [0.3, 0.4) is 0 Å². The molecule has 8 aliphatic carbocycles. The first-order chi connectivity index (χ1) is 24.3. The van der Waals surface area contributed by atoms with Gasteiger partial charge in [-0.05, 0) is 136 Å². The number of fused-ring (bicyclic) bond motifs is 10. The Morgan fingerprint density at radius 3 is 1.32 bits per heavy atom. The van der Waals surface area contributed by atoms with Gasteiger partial charge in [0.25, 0.3) is 0 Å². The van der Waals surface area contributed by atoms with E-state index in [4.69, 9.17) is 0 Å². The molecule has 0 radical (unpaired) electrons. The summed E-state index contributed by atoms with van der Waals surface area (Å²) in [6.07, 6.45) is 11.5. The molecule has 0 aliphatic heterocycles. The highest BCUT2D eigenvalue weighted by atomic mass is 16.3. The van der Waals surface area contributed by atoms with Crippen LogP contribution in [-0.2, 0) is 19.2 Å². The van der Waals surface area contributed by atoms with Crippen molar-refractivity contribution in [2.75, 3.05) is 13.2 Å². The maximum atomic E-state index is 12.4. The molecule has 0 aromatic rings. The highest BCUT2D eigenvalue weighted by Crippen LogP contribution is 2.69. The number of aliphatic hydroxyl groups excluding tert-OH is 4. The second kappa shape index (κ2) is 13.5. The van der Waals surface area contributed by atoms with E-state index in [9.17, 15) is 49.8 Å². The first-order valence-corrected chi connectivity index (χ1v) is 19.9. The minimum absolute atomic E-state index is 0. The molecule has 8 rings (SSSR count). The van der Waals surface area contributed by atoms with E-state index >= 15 is 0 Å². The van der Waals surface area contributed by atoms with Crippen molar-refractivity contribution in [3.8, 4) is 0 Å². The third-order valence-electron chi connectivity index (χ3n) is 17.3. The van der Waals surface area contributed by atoms with Crippen LogP contribution in [-0.4, -0.2) is 90.4 Å². The van der Waals surface area contributed by atoms with Crippen molar-refractivity contribution in [3.63, 3.8) is 0 Å². The molecule has 10 nitrogen and oxygen atoms in total. The number of allylic oxidation sites excluding steroid dienone is 2. The molecule has 6 unspecified atom stereocenters. The van der Waals surface area contributed by atoms with Crippen LogP contribution in [0.1, 0.15) is 125 Å². The second-order valence-corrected chi connectivity index (χ2v) is 19.1. The lowest BCUT2D eigenvalue weighted by molar-refractivity contribution is -0.182. The number of carbonyl (C=O) groups is 4. The lowest BCUT2D eigenvalue weighted by Gasteiger charge is -2.60. The molecular weight excluding hydrogens is 676 g/mol. The van der Waals surface area contributed by atoms with E-state index in [2.05, 4.69) is 13.8 Å². The van der Waals surface area contributed by atoms with Crippen LogP contribution >= 0.6 is 0 Å². The van der Waals surface area contributed by atoms with Crippen molar-refractivity contribution in [1.29, 1.82) is 0 Å². The molecule has 14 atom stereocenters. The third kappa shape index (κ3) is 5.53. The average Bonchev–Trinajstić information content (AvgIpc) is 3.53. The summed E-state index contributed by atoms with van der Waals surface area (Å²) in [5, 5.41) is 63.5. The van der Waals surface area contributed by atoms with Gasteiger partial charge >= 0.3 is 0 Å². The molecule has 53 heavy (non-hydrogen) atoms. The van der Waals surface area contributed by atoms with Crippen LogP contribution in [0.15, 0.2) is 23.3 Å². The standard InChI is InChI=1S/2C21H30O5.CH4/c2*1-19-7-5-13(23)9-12(19)3-4-14-15-6-8-21(26,17(25)11-22)20(15,2)10-16(24)18(14)19;/h2*9,14-16,18,22,24,26H,3-8,10-11H2,1-2H3;1H4/t14?,15?,16-,18?,19?,20?,21-;14-,15-,16-,18?,19-,20-,21-;/m00./s1. The van der Waals surface area contributed by atoms with Crippen LogP contribution < -0.4 is 0 Å². The van der Waals surface area contributed by atoms with Gasteiger partial charge in [0, 0.05) is 23.7 Å². The van der Waals surface area contributed by atoms with Crippen molar-refractivity contribution in [2.45, 2.75) is 148 Å². The molecule has 0 heterocycles. The minimum atomic E-state index is -1.54. The van der Waals surface area contributed by atoms with E-state index in [1.807, 2.05) is 13.8 Å². The predicted molar refractivity (Wildman–Crippen MR) is 197 cm³/mol. The van der Waals surface area contributed by atoms with Gasteiger partial charge in [0.1, 0.15) is 24.4 Å². The van der Waals surface area contributed by atoms with E-state index in [-0.39, 0.29) is 65.3 Å². The van der Waals surface area contributed by atoms with Gasteiger partial charge in [-0.3, -0.25) is 19.2 Å². The Morgan fingerprint density at radius 1 is 0.623 bits per heavy atom. The Kier molecular flexibility index (Phi) is 10.4. The lowest BCUT2D eigenvalue weighted by atomic mass is 9.45. The van der Waals surface area contributed by atoms with Crippen LogP contribution in [0, 0.1) is 57.2 Å². The Balaban J connectivity index is 0.000000178. The Labute approximate surface area is 314 Å². The topological polar surface area (TPSA) is 190 Å². The molecule has 296 valence electrons. The van der Waals surface area contributed by atoms with Crippen molar-refractivity contribution < 1.29 is 49.8 Å². The summed E-state index contributed by atoms with van der Waals surface area (Å²) in [7, 11) is 0. The zero-order valence-electron chi connectivity index (χ0n) is 31.4. The fourth-order valence-corrected chi connectivity index (χ4v) is 14.6. The Bertz CT molecular complexity index is 1480. The van der Waals surface area contributed by atoms with Gasteiger partial charge in [-0.25, -0.2) is 0 Å². The van der Waals surface area contributed by atoms with Crippen molar-refractivity contribution in [1.82, 2.24) is 0 Å². The molecule has 0 aromatic carbocycles. The Morgan fingerprint density at radius 2 is 0.981 bits per heavy atom. The fourth-order valence-electron chi connectivity index (χ4n) is 14.6. The highest BCUT2D eigenvalue weighted by molar-refractivity contribution is 5.92. The smallest absolute Gasteiger partial charge is 0.190 e. The molecule has 0 saturated heterocycles. The van der Waals surface area contributed by atoms with E-state index in [1.54, 1.807) is 12.2 Å².